The van der Waals surface area contributed by atoms with Gasteiger partial charge in [0.1, 0.15) is 5.03 Å². The first-order chi connectivity index (χ1) is 11.2. The molecule has 0 bridgehead atoms. The van der Waals surface area contributed by atoms with E-state index in [0.29, 0.717) is 15.6 Å². The van der Waals surface area contributed by atoms with Gasteiger partial charge in [-0.1, -0.05) is 47.6 Å². The highest BCUT2D eigenvalue weighted by atomic mass is 35.5. The number of halogens is 1. The minimum atomic E-state index is -0.486. The van der Waals surface area contributed by atoms with Crippen LogP contribution in [0.15, 0.2) is 58.5 Å². The van der Waals surface area contributed by atoms with Crippen LogP contribution in [0, 0.1) is 0 Å². The summed E-state index contributed by atoms with van der Waals surface area (Å²) in [7, 11) is 0. The predicted octanol–water partition coefficient (Wildman–Crippen LogP) is 4.61. The van der Waals surface area contributed by atoms with Gasteiger partial charge in [0.25, 0.3) is 0 Å². The Morgan fingerprint density at radius 2 is 1.74 bits per heavy atom. The number of carbonyl (C=O) groups excluding carboxylic acids is 1. The second-order valence-corrected chi connectivity index (χ2v) is 6.06. The molecule has 0 aliphatic rings. The molecule has 0 spiro atoms. The van der Waals surface area contributed by atoms with E-state index >= 15 is 0 Å². The first-order valence-electron chi connectivity index (χ1n) is 7.05. The van der Waals surface area contributed by atoms with Crippen molar-refractivity contribution in [3.63, 3.8) is 0 Å². The van der Waals surface area contributed by atoms with Gasteiger partial charge in [0.15, 0.2) is 5.69 Å². The van der Waals surface area contributed by atoms with Crippen LogP contribution in [0.25, 0.3) is 11.0 Å². The molecule has 3 rings (SSSR count). The highest BCUT2D eigenvalue weighted by molar-refractivity contribution is 7.99. The highest BCUT2D eigenvalue weighted by Crippen LogP contribution is 2.34. The van der Waals surface area contributed by atoms with Crippen molar-refractivity contribution in [2.24, 2.45) is 0 Å². The molecule has 0 N–H and O–H groups in total. The first kappa shape index (κ1) is 15.8. The van der Waals surface area contributed by atoms with Crippen LogP contribution in [-0.4, -0.2) is 22.5 Å². The molecule has 0 radical (unpaired) electrons. The second-order valence-electron chi connectivity index (χ2n) is 4.62. The number of aromatic nitrogens is 2. The molecule has 1 aromatic heterocycles. The maximum atomic E-state index is 12.2. The van der Waals surface area contributed by atoms with Crippen LogP contribution in [0.3, 0.4) is 0 Å². The zero-order valence-corrected chi connectivity index (χ0v) is 13.9. The van der Waals surface area contributed by atoms with Crippen molar-refractivity contribution in [3.8, 4) is 0 Å². The summed E-state index contributed by atoms with van der Waals surface area (Å²) >= 11 is 7.50. The van der Waals surface area contributed by atoms with Crippen molar-refractivity contribution in [1.82, 2.24) is 9.97 Å². The Bertz CT molecular complexity index is 870. The van der Waals surface area contributed by atoms with E-state index < -0.39 is 5.97 Å². The SMILES string of the molecule is CCOC(=O)c1nc2ccccc2nc1Sc1ccccc1Cl. The number of hydrogen-bond acceptors (Lipinski definition) is 5. The molecule has 1 heterocycles. The topological polar surface area (TPSA) is 52.1 Å². The maximum absolute atomic E-state index is 12.2. The van der Waals surface area contributed by atoms with Gasteiger partial charge < -0.3 is 4.74 Å². The van der Waals surface area contributed by atoms with E-state index in [1.165, 1.54) is 11.8 Å². The van der Waals surface area contributed by atoms with Gasteiger partial charge in [0.05, 0.1) is 22.7 Å². The Morgan fingerprint density at radius 3 is 2.43 bits per heavy atom. The van der Waals surface area contributed by atoms with E-state index in [2.05, 4.69) is 9.97 Å². The minimum Gasteiger partial charge on any atom is -0.461 e. The number of esters is 1. The lowest BCUT2D eigenvalue weighted by atomic mass is 10.3. The quantitative estimate of drug-likeness (QED) is 0.647. The van der Waals surface area contributed by atoms with Crippen LogP contribution in [-0.2, 0) is 4.74 Å². The smallest absolute Gasteiger partial charge is 0.359 e. The van der Waals surface area contributed by atoms with Gasteiger partial charge in [0, 0.05) is 4.90 Å². The Balaban J connectivity index is 2.11. The molecule has 6 heteroatoms. The molecular formula is C17H13ClN2O2S. The molecule has 0 saturated carbocycles. The molecule has 3 aromatic rings. The first-order valence-corrected chi connectivity index (χ1v) is 8.24. The summed E-state index contributed by atoms with van der Waals surface area (Å²) in [5.41, 5.74) is 1.57. The number of hydrogen-bond donors (Lipinski definition) is 0. The third kappa shape index (κ3) is 3.46. The van der Waals surface area contributed by atoms with E-state index in [9.17, 15) is 4.79 Å². The summed E-state index contributed by atoms with van der Waals surface area (Å²) in [5, 5.41) is 1.08. The van der Waals surface area contributed by atoms with Gasteiger partial charge in [0.2, 0.25) is 0 Å². The fourth-order valence-corrected chi connectivity index (χ4v) is 3.16. The third-order valence-electron chi connectivity index (χ3n) is 3.05. The minimum absolute atomic E-state index is 0.204. The summed E-state index contributed by atoms with van der Waals surface area (Å²) < 4.78 is 5.10. The standard InChI is InChI=1S/C17H13ClN2O2S/c1-2-22-17(21)15-16(23-14-10-6-3-7-11(14)18)20-13-9-5-4-8-12(13)19-15/h3-10H,2H2,1H3. The molecule has 0 amide bonds. The molecular weight excluding hydrogens is 332 g/mol. The van der Waals surface area contributed by atoms with Gasteiger partial charge in [-0.25, -0.2) is 14.8 Å². The average Bonchev–Trinajstić information content (AvgIpc) is 2.56. The Hall–Kier alpha value is -2.11. The van der Waals surface area contributed by atoms with E-state index in [0.717, 1.165) is 10.4 Å². The van der Waals surface area contributed by atoms with Gasteiger partial charge in [-0.05, 0) is 31.2 Å². The molecule has 0 atom stereocenters. The Kier molecular flexibility index (Phi) is 4.79. The summed E-state index contributed by atoms with van der Waals surface area (Å²) in [6.07, 6.45) is 0. The van der Waals surface area contributed by atoms with E-state index in [1.807, 2.05) is 42.5 Å². The zero-order chi connectivity index (χ0) is 16.2. The summed E-state index contributed by atoms with van der Waals surface area (Å²) in [6.45, 7) is 2.04. The van der Waals surface area contributed by atoms with E-state index in [-0.39, 0.29) is 12.3 Å². The van der Waals surface area contributed by atoms with Crippen molar-refractivity contribution in [2.75, 3.05) is 6.61 Å². The van der Waals surface area contributed by atoms with Crippen LogP contribution in [0.2, 0.25) is 5.02 Å². The van der Waals surface area contributed by atoms with Crippen LogP contribution in [0.4, 0.5) is 0 Å². The molecule has 23 heavy (non-hydrogen) atoms. The van der Waals surface area contributed by atoms with Gasteiger partial charge >= 0.3 is 5.97 Å². The number of ether oxygens (including phenoxy) is 1. The van der Waals surface area contributed by atoms with E-state index in [4.69, 9.17) is 16.3 Å². The number of rotatable bonds is 4. The molecule has 0 unspecified atom stereocenters. The monoisotopic (exact) mass is 344 g/mol. The van der Waals surface area contributed by atoms with Gasteiger partial charge in [-0.2, -0.15) is 0 Å². The molecule has 2 aromatic carbocycles. The van der Waals surface area contributed by atoms with Crippen LogP contribution >= 0.6 is 23.4 Å². The average molecular weight is 345 g/mol. The summed E-state index contributed by atoms with van der Waals surface area (Å²) in [6, 6.07) is 14.8. The zero-order valence-electron chi connectivity index (χ0n) is 12.3. The number of nitrogens with zero attached hydrogens (tertiary/aromatic N) is 2. The highest BCUT2D eigenvalue weighted by Gasteiger charge is 2.19. The van der Waals surface area contributed by atoms with Crippen molar-refractivity contribution >= 4 is 40.4 Å². The molecule has 0 aliphatic carbocycles. The molecule has 0 aliphatic heterocycles. The number of carbonyl (C=O) groups is 1. The van der Waals surface area contributed by atoms with Crippen molar-refractivity contribution in [3.05, 3.63) is 59.2 Å². The van der Waals surface area contributed by atoms with Gasteiger partial charge in [-0.15, -0.1) is 0 Å². The van der Waals surface area contributed by atoms with Crippen molar-refractivity contribution in [1.29, 1.82) is 0 Å². The van der Waals surface area contributed by atoms with Gasteiger partial charge in [-0.3, -0.25) is 0 Å². The second kappa shape index (κ2) is 6.98. The molecule has 4 nitrogen and oxygen atoms in total. The number of fused-ring (bicyclic) bond motifs is 1. The Morgan fingerprint density at radius 1 is 1.09 bits per heavy atom. The molecule has 116 valence electrons. The number of benzene rings is 2. The summed E-state index contributed by atoms with van der Waals surface area (Å²) in [4.78, 5) is 22.0. The fraction of sp³-hybridized carbons (Fsp3) is 0.118. The van der Waals surface area contributed by atoms with E-state index in [1.54, 1.807) is 13.0 Å². The third-order valence-corrected chi connectivity index (χ3v) is 4.55. The lowest BCUT2D eigenvalue weighted by Gasteiger charge is -2.09. The predicted molar refractivity (Wildman–Crippen MR) is 91.1 cm³/mol. The number of para-hydroxylation sites is 2. The lowest BCUT2D eigenvalue weighted by molar-refractivity contribution is 0.0514. The summed E-state index contributed by atoms with van der Waals surface area (Å²) in [5.74, 6) is -0.486. The maximum Gasteiger partial charge on any atom is 0.359 e. The molecule has 0 saturated heterocycles. The largest absolute Gasteiger partial charge is 0.461 e. The molecule has 0 fully saturated rings. The van der Waals surface area contributed by atoms with Crippen molar-refractivity contribution in [2.45, 2.75) is 16.8 Å². The van der Waals surface area contributed by atoms with Crippen LogP contribution in [0.1, 0.15) is 17.4 Å². The fourth-order valence-electron chi connectivity index (χ4n) is 2.02. The van der Waals surface area contributed by atoms with Crippen LogP contribution in [0.5, 0.6) is 0 Å². The van der Waals surface area contributed by atoms with Crippen molar-refractivity contribution < 1.29 is 9.53 Å². The Labute approximate surface area is 142 Å². The lowest BCUT2D eigenvalue weighted by Crippen LogP contribution is -2.10. The normalized spacial score (nSPS) is 10.7. The van der Waals surface area contributed by atoms with Crippen LogP contribution < -0.4 is 0 Å².